The molecular weight excluding hydrogens is 468 g/mol. The summed E-state index contributed by atoms with van der Waals surface area (Å²) in [5.74, 6) is -1.00. The summed E-state index contributed by atoms with van der Waals surface area (Å²) in [7, 11) is 1.48. The summed E-state index contributed by atoms with van der Waals surface area (Å²) in [6.45, 7) is 0. The Labute approximate surface area is 166 Å². The monoisotopic (exact) mass is 478 g/mol. The van der Waals surface area contributed by atoms with Crippen LogP contribution in [0.3, 0.4) is 0 Å². The van der Waals surface area contributed by atoms with Crippen LogP contribution in [0, 0.1) is 0 Å². The number of methoxy groups -OCH3 is 1. The van der Waals surface area contributed by atoms with Gasteiger partial charge in [0.05, 0.1) is 17.3 Å². The zero-order valence-electron chi connectivity index (χ0n) is 13.5. The Balaban J connectivity index is 2.10. The molecule has 3 rings (SSSR count). The largest absolute Gasteiger partial charge is 0.495 e. The van der Waals surface area contributed by atoms with Gasteiger partial charge in [0, 0.05) is 10.0 Å². The van der Waals surface area contributed by atoms with Crippen molar-refractivity contribution in [3.8, 4) is 5.75 Å². The van der Waals surface area contributed by atoms with E-state index in [1.165, 1.54) is 13.2 Å². The van der Waals surface area contributed by atoms with E-state index in [1.807, 2.05) is 0 Å². The van der Waals surface area contributed by atoms with Gasteiger partial charge in [0.2, 0.25) is 0 Å². The summed E-state index contributed by atoms with van der Waals surface area (Å²) in [6.07, 6.45) is 1.40. The normalized spacial score (nSPS) is 16.0. The second kappa shape index (κ2) is 7.43. The van der Waals surface area contributed by atoms with Gasteiger partial charge in [0.1, 0.15) is 11.3 Å². The molecule has 1 aliphatic rings. The topological polar surface area (TPSA) is 75.7 Å². The van der Waals surface area contributed by atoms with Gasteiger partial charge in [0.25, 0.3) is 11.8 Å². The number of hydrogen-bond acceptors (Lipinski definition) is 4. The van der Waals surface area contributed by atoms with Crippen LogP contribution in [0.1, 0.15) is 5.56 Å². The number of ether oxygens (including phenoxy) is 1. The Morgan fingerprint density at radius 3 is 2.42 bits per heavy atom. The molecule has 1 aliphatic heterocycles. The minimum Gasteiger partial charge on any atom is -0.495 e. The third kappa shape index (κ3) is 3.42. The highest BCUT2D eigenvalue weighted by molar-refractivity contribution is 9.11. The van der Waals surface area contributed by atoms with Crippen molar-refractivity contribution in [1.29, 1.82) is 0 Å². The molecule has 0 aromatic heterocycles. The summed E-state index contributed by atoms with van der Waals surface area (Å²) in [6, 6.07) is 11.1. The molecule has 0 radical (unpaired) electrons. The van der Waals surface area contributed by atoms with E-state index in [2.05, 4.69) is 37.2 Å². The molecule has 1 saturated heterocycles. The van der Waals surface area contributed by atoms with Gasteiger partial charge in [-0.25, -0.2) is 9.69 Å². The number of hydrogen-bond donors (Lipinski definition) is 1. The summed E-state index contributed by atoms with van der Waals surface area (Å²) in [5, 5.41) is 2.19. The minimum absolute atomic E-state index is 0.170. The van der Waals surface area contributed by atoms with E-state index in [-0.39, 0.29) is 5.57 Å². The molecule has 0 saturated carbocycles. The molecule has 8 heteroatoms. The fraction of sp³-hybridized carbons (Fsp3) is 0.0556. The maximum atomic E-state index is 12.8. The standard InChI is InChI=1S/C18H12Br2N2O4/c1-26-15-10(7-11(19)9-14(15)20)8-13-16(23)21-18(25)22(17(13)24)12-5-3-2-4-6-12/h2-9H,1H3,(H,21,23,25)/b13-8+. The van der Waals surface area contributed by atoms with Crippen molar-refractivity contribution in [2.75, 3.05) is 12.0 Å². The van der Waals surface area contributed by atoms with Crippen LogP contribution >= 0.6 is 31.9 Å². The first-order valence-corrected chi connectivity index (χ1v) is 9.00. The van der Waals surface area contributed by atoms with E-state index in [0.717, 1.165) is 9.37 Å². The van der Waals surface area contributed by atoms with Crippen molar-refractivity contribution in [3.05, 3.63) is 62.5 Å². The predicted octanol–water partition coefficient (Wildman–Crippen LogP) is 3.89. The Morgan fingerprint density at radius 2 is 1.77 bits per heavy atom. The average molecular weight is 480 g/mol. The van der Waals surface area contributed by atoms with Crippen molar-refractivity contribution >= 4 is 61.5 Å². The number of carbonyl (C=O) groups excluding carboxylic acids is 3. The molecule has 2 aromatic carbocycles. The highest BCUT2D eigenvalue weighted by atomic mass is 79.9. The molecule has 1 heterocycles. The Kier molecular flexibility index (Phi) is 5.24. The van der Waals surface area contributed by atoms with Crippen molar-refractivity contribution in [2.45, 2.75) is 0 Å². The van der Waals surface area contributed by atoms with Gasteiger partial charge in [0.15, 0.2) is 0 Å². The van der Waals surface area contributed by atoms with Gasteiger partial charge in [-0.05, 0) is 46.3 Å². The van der Waals surface area contributed by atoms with E-state index in [0.29, 0.717) is 21.5 Å². The quantitative estimate of drug-likeness (QED) is 0.535. The number of anilines is 1. The summed E-state index contributed by atoms with van der Waals surface area (Å²) >= 11 is 6.74. The maximum absolute atomic E-state index is 12.8. The van der Waals surface area contributed by atoms with Crippen molar-refractivity contribution in [1.82, 2.24) is 5.32 Å². The molecule has 6 nitrogen and oxygen atoms in total. The Hall–Kier alpha value is -2.45. The lowest BCUT2D eigenvalue weighted by Gasteiger charge is -2.26. The molecule has 0 unspecified atom stereocenters. The number of imide groups is 2. The van der Waals surface area contributed by atoms with Crippen LogP contribution in [0.4, 0.5) is 10.5 Å². The number of benzene rings is 2. The minimum atomic E-state index is -0.786. The molecule has 2 aromatic rings. The number of halogens is 2. The van der Waals surface area contributed by atoms with Crippen LogP contribution in [-0.4, -0.2) is 25.0 Å². The molecular formula is C18H12Br2N2O4. The van der Waals surface area contributed by atoms with E-state index in [1.54, 1.807) is 42.5 Å². The van der Waals surface area contributed by atoms with E-state index >= 15 is 0 Å². The zero-order chi connectivity index (χ0) is 18.8. The maximum Gasteiger partial charge on any atom is 0.335 e. The van der Waals surface area contributed by atoms with Crippen molar-refractivity contribution < 1.29 is 19.1 Å². The van der Waals surface area contributed by atoms with Gasteiger partial charge in [-0.1, -0.05) is 34.1 Å². The molecule has 0 atom stereocenters. The molecule has 1 fully saturated rings. The van der Waals surface area contributed by atoms with Crippen LogP contribution in [0.25, 0.3) is 6.08 Å². The first kappa shape index (κ1) is 18.3. The lowest BCUT2D eigenvalue weighted by molar-refractivity contribution is -0.122. The van der Waals surface area contributed by atoms with E-state index < -0.39 is 17.8 Å². The molecule has 26 heavy (non-hydrogen) atoms. The van der Waals surface area contributed by atoms with E-state index in [4.69, 9.17) is 4.74 Å². The molecule has 1 N–H and O–H groups in total. The summed E-state index contributed by atoms with van der Waals surface area (Å²) in [4.78, 5) is 38.2. The molecule has 132 valence electrons. The number of amides is 4. The average Bonchev–Trinajstić information content (AvgIpc) is 2.59. The molecule has 0 bridgehead atoms. The SMILES string of the molecule is COc1c(Br)cc(Br)cc1/C=C1\C(=O)NC(=O)N(c2ccccc2)C1=O. The van der Waals surface area contributed by atoms with Gasteiger partial charge < -0.3 is 4.74 Å². The zero-order valence-corrected chi connectivity index (χ0v) is 16.6. The second-order valence-electron chi connectivity index (χ2n) is 5.30. The fourth-order valence-electron chi connectivity index (χ4n) is 2.53. The highest BCUT2D eigenvalue weighted by Gasteiger charge is 2.36. The molecule has 4 amide bonds. The lowest BCUT2D eigenvalue weighted by atomic mass is 10.1. The highest BCUT2D eigenvalue weighted by Crippen LogP contribution is 2.34. The molecule has 0 spiro atoms. The number of para-hydroxylation sites is 1. The van der Waals surface area contributed by atoms with Crippen molar-refractivity contribution in [2.24, 2.45) is 0 Å². The number of carbonyl (C=O) groups is 3. The predicted molar refractivity (Wildman–Crippen MR) is 104 cm³/mol. The van der Waals surface area contributed by atoms with Crippen LogP contribution in [0.15, 0.2) is 57.0 Å². The van der Waals surface area contributed by atoms with Crippen molar-refractivity contribution in [3.63, 3.8) is 0 Å². The Bertz CT molecular complexity index is 942. The smallest absolute Gasteiger partial charge is 0.335 e. The number of barbiturate groups is 1. The van der Waals surface area contributed by atoms with Crippen LogP contribution < -0.4 is 15.0 Å². The van der Waals surface area contributed by atoms with Crippen LogP contribution in [0.5, 0.6) is 5.75 Å². The fourth-order valence-corrected chi connectivity index (χ4v) is 3.95. The Morgan fingerprint density at radius 1 is 1.08 bits per heavy atom. The number of nitrogens with zero attached hydrogens (tertiary/aromatic N) is 1. The third-order valence-electron chi connectivity index (χ3n) is 3.66. The van der Waals surface area contributed by atoms with Gasteiger partial charge >= 0.3 is 6.03 Å². The number of nitrogens with one attached hydrogen (secondary N) is 1. The van der Waals surface area contributed by atoms with E-state index in [9.17, 15) is 14.4 Å². The molecule has 0 aliphatic carbocycles. The number of rotatable bonds is 3. The number of urea groups is 1. The van der Waals surface area contributed by atoms with Crippen LogP contribution in [0.2, 0.25) is 0 Å². The van der Waals surface area contributed by atoms with Gasteiger partial charge in [-0.2, -0.15) is 0 Å². The van der Waals surface area contributed by atoms with Gasteiger partial charge in [-0.15, -0.1) is 0 Å². The first-order valence-electron chi connectivity index (χ1n) is 7.42. The van der Waals surface area contributed by atoms with Gasteiger partial charge in [-0.3, -0.25) is 14.9 Å². The summed E-state index contributed by atoms with van der Waals surface area (Å²) < 4.78 is 6.73. The lowest BCUT2D eigenvalue weighted by Crippen LogP contribution is -2.54. The second-order valence-corrected chi connectivity index (χ2v) is 7.07. The van der Waals surface area contributed by atoms with Crippen LogP contribution in [-0.2, 0) is 9.59 Å². The third-order valence-corrected chi connectivity index (χ3v) is 4.70. The first-order chi connectivity index (χ1) is 12.4. The summed E-state index contributed by atoms with van der Waals surface area (Å²) in [5.41, 5.74) is 0.710.